The van der Waals surface area contributed by atoms with E-state index in [1.807, 2.05) is 62.4 Å². The Bertz CT molecular complexity index is 2040. The van der Waals surface area contributed by atoms with Crippen LogP contribution in [0.25, 0.3) is 28.0 Å². The molecule has 8 heteroatoms. The zero-order valence-electron chi connectivity index (χ0n) is 24.1. The summed E-state index contributed by atoms with van der Waals surface area (Å²) in [6.45, 7) is 5.64. The van der Waals surface area contributed by atoms with Gasteiger partial charge >= 0.3 is 7.26 Å². The van der Waals surface area contributed by atoms with Crippen LogP contribution >= 0.6 is 0 Å². The monoisotopic (exact) mass is 591 g/mol. The molecule has 0 radical (unpaired) electrons. The van der Waals surface area contributed by atoms with Crippen LogP contribution in [0.1, 0.15) is 33.5 Å². The number of allylic oxidation sites excluding steroid dienone is 2. The fourth-order valence-electron chi connectivity index (χ4n) is 6.01. The lowest BCUT2D eigenvalue weighted by Crippen LogP contribution is -2.41. The summed E-state index contributed by atoms with van der Waals surface area (Å²) in [5.74, 6) is -6.15. The second kappa shape index (κ2) is 10.3. The normalized spacial score (nSPS) is 14.0. The van der Waals surface area contributed by atoms with Crippen molar-refractivity contribution in [2.45, 2.75) is 20.8 Å². The molecule has 2 aliphatic rings. The van der Waals surface area contributed by atoms with Gasteiger partial charge in [0, 0.05) is 23.4 Å². The topological polar surface area (TPSA) is 7.94 Å². The lowest BCUT2D eigenvalue weighted by molar-refractivity contribution is -0.334. The standard InChI is InChI=1S/C36H25BF5N2/c1-20-4-10-23(11-5-20)26-16-18-28-31(29-19-17-27(44(29)37(42)43(26)28)24-12-6-21(2)7-13-24)32-35(40)33(38)30(34(39)36(32)41)25-14-8-22(3)9-15-25/h4-19H,1-3H3/q+1. The Morgan fingerprint density at radius 3 is 1.52 bits per heavy atom. The Hall–Kier alpha value is -4.98. The molecule has 0 bridgehead atoms. The van der Waals surface area contributed by atoms with E-state index in [0.717, 1.165) is 16.7 Å². The first-order valence-corrected chi connectivity index (χ1v) is 14.2. The number of rotatable bonds is 4. The number of hydrogen-bond donors (Lipinski definition) is 0. The number of halogens is 5. The molecule has 1 aromatic heterocycles. The summed E-state index contributed by atoms with van der Waals surface area (Å²) < 4.78 is 83.4. The minimum absolute atomic E-state index is 0.00230. The third-order valence-corrected chi connectivity index (χ3v) is 8.32. The Balaban J connectivity index is 1.53. The molecule has 2 nitrogen and oxygen atoms in total. The fraction of sp³-hybridized carbons (Fsp3) is 0.0833. The molecular weight excluding hydrogens is 566 g/mol. The zero-order valence-corrected chi connectivity index (χ0v) is 24.1. The maximum atomic E-state index is 16.8. The van der Waals surface area contributed by atoms with Crippen molar-refractivity contribution >= 4 is 18.5 Å². The second-order valence-corrected chi connectivity index (χ2v) is 11.2. The summed E-state index contributed by atoms with van der Waals surface area (Å²) in [6, 6.07) is 24.0. The van der Waals surface area contributed by atoms with E-state index >= 15 is 21.9 Å². The molecule has 44 heavy (non-hydrogen) atoms. The number of nitrogens with zero attached hydrogens (tertiary/aromatic N) is 2. The molecule has 4 aromatic carbocycles. The van der Waals surface area contributed by atoms with Crippen molar-refractivity contribution in [2.24, 2.45) is 0 Å². The summed E-state index contributed by atoms with van der Waals surface area (Å²) in [7, 11) is -1.82. The van der Waals surface area contributed by atoms with Crippen molar-refractivity contribution in [3.8, 4) is 22.4 Å². The maximum Gasteiger partial charge on any atom is 0.846 e. The van der Waals surface area contributed by atoms with E-state index < -0.39 is 41.7 Å². The largest absolute Gasteiger partial charge is 0.846 e. The first-order valence-electron chi connectivity index (χ1n) is 14.2. The van der Waals surface area contributed by atoms with Crippen LogP contribution in [0.2, 0.25) is 0 Å². The molecular formula is C36H25BF5N2+. The molecule has 0 unspecified atom stereocenters. The Kier molecular flexibility index (Phi) is 6.54. The summed E-state index contributed by atoms with van der Waals surface area (Å²) in [4.78, 5) is 0. The van der Waals surface area contributed by atoms with Crippen LogP contribution in [0.5, 0.6) is 0 Å². The molecule has 216 valence electrons. The predicted molar refractivity (Wildman–Crippen MR) is 164 cm³/mol. The molecule has 3 heterocycles. The van der Waals surface area contributed by atoms with Gasteiger partial charge in [-0.2, -0.15) is 0 Å². The number of aromatic nitrogens is 1. The lowest BCUT2D eigenvalue weighted by Gasteiger charge is -2.22. The average molecular weight is 591 g/mol. The average Bonchev–Trinajstić information content (AvgIpc) is 3.66. The molecule has 0 N–H and O–H groups in total. The molecule has 0 spiro atoms. The maximum absolute atomic E-state index is 16.8. The van der Waals surface area contributed by atoms with E-state index in [4.69, 9.17) is 0 Å². The van der Waals surface area contributed by atoms with Gasteiger partial charge in [-0.05, 0) is 56.2 Å². The fourth-order valence-corrected chi connectivity index (χ4v) is 6.01. The van der Waals surface area contributed by atoms with Gasteiger partial charge in [0.2, 0.25) is 0 Å². The highest BCUT2D eigenvalue weighted by atomic mass is 19.2. The second-order valence-electron chi connectivity index (χ2n) is 11.2. The highest BCUT2D eigenvalue weighted by Crippen LogP contribution is 2.43. The van der Waals surface area contributed by atoms with Gasteiger partial charge in [-0.1, -0.05) is 77.4 Å². The summed E-state index contributed by atoms with van der Waals surface area (Å²) >= 11 is 0. The molecule has 7 rings (SSSR count). The van der Waals surface area contributed by atoms with Crippen molar-refractivity contribution < 1.29 is 26.4 Å². The summed E-state index contributed by atoms with van der Waals surface area (Å²) in [5.41, 5.74) is 3.39. The van der Waals surface area contributed by atoms with Crippen molar-refractivity contribution in [2.75, 3.05) is 0 Å². The van der Waals surface area contributed by atoms with E-state index in [-0.39, 0.29) is 22.5 Å². The minimum Gasteiger partial charge on any atom is -0.285 e. The highest BCUT2D eigenvalue weighted by molar-refractivity contribution is 6.45. The van der Waals surface area contributed by atoms with Crippen LogP contribution in [-0.2, 0) is 0 Å². The van der Waals surface area contributed by atoms with Gasteiger partial charge in [0.05, 0.1) is 22.4 Å². The van der Waals surface area contributed by atoms with E-state index in [1.54, 1.807) is 31.2 Å². The molecule has 0 fully saturated rings. The summed E-state index contributed by atoms with van der Waals surface area (Å²) in [5, 5.41) is 0. The number of aryl methyl sites for hydroxylation is 3. The van der Waals surface area contributed by atoms with E-state index in [0.29, 0.717) is 22.5 Å². The molecule has 0 atom stereocenters. The quantitative estimate of drug-likeness (QED) is 0.112. The van der Waals surface area contributed by atoms with Crippen molar-refractivity contribution in [1.82, 2.24) is 4.48 Å². The predicted octanol–water partition coefficient (Wildman–Crippen LogP) is 8.95. The van der Waals surface area contributed by atoms with Gasteiger partial charge in [-0.25, -0.2) is 26.4 Å². The van der Waals surface area contributed by atoms with Crippen LogP contribution in [-0.4, -0.2) is 21.9 Å². The van der Waals surface area contributed by atoms with Crippen LogP contribution in [0.4, 0.5) is 21.9 Å². The van der Waals surface area contributed by atoms with E-state index in [9.17, 15) is 0 Å². The molecule has 0 saturated carbocycles. The first kappa shape index (κ1) is 27.8. The first-order chi connectivity index (χ1) is 21.2. The van der Waals surface area contributed by atoms with Gasteiger partial charge < -0.3 is 0 Å². The van der Waals surface area contributed by atoms with Crippen molar-refractivity contribution in [1.29, 1.82) is 0 Å². The Morgan fingerprint density at radius 1 is 0.523 bits per heavy atom. The van der Waals surface area contributed by atoms with Crippen LogP contribution in [0.15, 0.2) is 103 Å². The van der Waals surface area contributed by atoms with Crippen molar-refractivity contribution in [3.05, 3.63) is 160 Å². The van der Waals surface area contributed by atoms with E-state index in [2.05, 4.69) is 0 Å². The highest BCUT2D eigenvalue weighted by Gasteiger charge is 2.52. The van der Waals surface area contributed by atoms with Gasteiger partial charge in [-0.15, -0.1) is 0 Å². The lowest BCUT2D eigenvalue weighted by atomic mass is 9.87. The van der Waals surface area contributed by atoms with Crippen molar-refractivity contribution in [3.63, 3.8) is 0 Å². The van der Waals surface area contributed by atoms with Gasteiger partial charge in [0.15, 0.2) is 34.7 Å². The third kappa shape index (κ3) is 4.19. The van der Waals surface area contributed by atoms with E-state index in [1.165, 1.54) is 33.2 Å². The SMILES string of the molecule is Cc1ccc(C2=[N+]3B(F)n4c(ccc4-c4ccc(C)cc4)C(c4c(F)c(F)c(-c5ccc(C)cc5)c(F)c4F)=C3C=C2)cc1. The summed E-state index contributed by atoms with van der Waals surface area (Å²) in [6.07, 6.45) is 3.18. The number of benzene rings is 4. The Morgan fingerprint density at radius 2 is 0.977 bits per heavy atom. The van der Waals surface area contributed by atoms with Gasteiger partial charge in [-0.3, -0.25) is 4.48 Å². The molecule has 0 amide bonds. The smallest absolute Gasteiger partial charge is 0.285 e. The minimum atomic E-state index is -1.82. The number of fused-ring (bicyclic) bond motifs is 2. The van der Waals surface area contributed by atoms with Crippen LogP contribution in [0.3, 0.4) is 0 Å². The third-order valence-electron chi connectivity index (χ3n) is 8.32. The molecule has 0 aliphatic carbocycles. The van der Waals surface area contributed by atoms with Crippen LogP contribution in [0, 0.1) is 44.0 Å². The Labute approximate surface area is 251 Å². The van der Waals surface area contributed by atoms with Crippen LogP contribution < -0.4 is 0 Å². The number of hydrogen-bond acceptors (Lipinski definition) is 0. The molecule has 5 aromatic rings. The van der Waals surface area contributed by atoms with Gasteiger partial charge in [0.25, 0.3) is 0 Å². The molecule has 2 aliphatic heterocycles. The zero-order chi connectivity index (χ0) is 30.9. The van der Waals surface area contributed by atoms with Gasteiger partial charge in [0.1, 0.15) is 0 Å². The molecule has 0 saturated heterocycles.